The summed E-state index contributed by atoms with van der Waals surface area (Å²) < 4.78 is 36.9. The number of alkyl halides is 3. The molecule has 2 atom stereocenters. The van der Waals surface area contributed by atoms with E-state index in [-0.39, 0.29) is 11.5 Å². The Hall–Kier alpha value is -1.56. The van der Waals surface area contributed by atoms with E-state index in [1.54, 1.807) is 12.1 Å². The van der Waals surface area contributed by atoms with Gasteiger partial charge in [-0.15, -0.1) is 0 Å². The average molecular weight is 301 g/mol. The van der Waals surface area contributed by atoms with Gasteiger partial charge in [0.25, 0.3) is 0 Å². The number of carbonyl (C=O) groups is 1. The zero-order valence-corrected chi connectivity index (χ0v) is 11.7. The summed E-state index contributed by atoms with van der Waals surface area (Å²) in [5.41, 5.74) is 1.13. The Balaban J connectivity index is 2.09. The summed E-state index contributed by atoms with van der Waals surface area (Å²) in [5, 5.41) is 9.14. The first kappa shape index (κ1) is 15.8. The number of carboxylic acid groups (broad SMARTS) is 1. The standard InChI is InChI=1S/C15H18F3NO2/c1-19-8-12(6-13(9-19)14(20)21)11-4-2-10(3-5-11)7-15(16,17)18/h2-5,12-13H,6-9H2,1H3,(H,20,21). The number of likely N-dealkylation sites (tertiary alicyclic amines) is 1. The van der Waals surface area contributed by atoms with Crippen LogP contribution in [0.15, 0.2) is 24.3 Å². The van der Waals surface area contributed by atoms with Crippen LogP contribution < -0.4 is 0 Å². The number of nitrogens with zero attached hydrogens (tertiary/aromatic N) is 1. The first-order valence-electron chi connectivity index (χ1n) is 6.81. The van der Waals surface area contributed by atoms with Gasteiger partial charge in [0.1, 0.15) is 0 Å². The third-order valence-corrected chi connectivity index (χ3v) is 3.84. The highest BCUT2D eigenvalue weighted by Gasteiger charge is 2.31. The first-order valence-corrected chi connectivity index (χ1v) is 6.81. The molecule has 0 spiro atoms. The van der Waals surface area contributed by atoms with E-state index < -0.39 is 24.5 Å². The van der Waals surface area contributed by atoms with Crippen LogP contribution in [0, 0.1) is 5.92 Å². The van der Waals surface area contributed by atoms with Crippen LogP contribution in [-0.2, 0) is 11.2 Å². The number of aliphatic carboxylic acids is 1. The van der Waals surface area contributed by atoms with Gasteiger partial charge < -0.3 is 10.0 Å². The largest absolute Gasteiger partial charge is 0.481 e. The monoisotopic (exact) mass is 301 g/mol. The number of rotatable bonds is 3. The number of benzene rings is 1. The van der Waals surface area contributed by atoms with Gasteiger partial charge in [-0.2, -0.15) is 13.2 Å². The summed E-state index contributed by atoms with van der Waals surface area (Å²) in [6, 6.07) is 6.33. The maximum absolute atomic E-state index is 12.3. The lowest BCUT2D eigenvalue weighted by atomic mass is 9.84. The molecule has 3 nitrogen and oxygen atoms in total. The quantitative estimate of drug-likeness (QED) is 0.933. The van der Waals surface area contributed by atoms with Gasteiger partial charge >= 0.3 is 12.1 Å². The summed E-state index contributed by atoms with van der Waals surface area (Å²) in [7, 11) is 1.86. The Morgan fingerprint density at radius 2 is 1.90 bits per heavy atom. The highest BCUT2D eigenvalue weighted by atomic mass is 19.4. The number of piperidine rings is 1. The number of carboxylic acids is 1. The SMILES string of the molecule is CN1CC(C(=O)O)CC(c2ccc(CC(F)(F)F)cc2)C1. The van der Waals surface area contributed by atoms with Gasteiger partial charge in [-0.25, -0.2) is 0 Å². The number of hydrogen-bond donors (Lipinski definition) is 1. The summed E-state index contributed by atoms with van der Waals surface area (Å²) >= 11 is 0. The molecule has 1 aromatic carbocycles. The predicted octanol–water partition coefficient (Wildman–Crippen LogP) is 2.91. The molecule has 1 aromatic rings. The molecule has 1 saturated heterocycles. The van der Waals surface area contributed by atoms with E-state index in [0.717, 1.165) is 12.1 Å². The number of likely N-dealkylation sites (N-methyl/N-ethyl adjacent to an activating group) is 1. The molecule has 1 fully saturated rings. The Bertz CT molecular complexity index is 499. The van der Waals surface area contributed by atoms with E-state index in [4.69, 9.17) is 5.11 Å². The van der Waals surface area contributed by atoms with E-state index in [0.29, 0.717) is 13.0 Å². The molecule has 6 heteroatoms. The van der Waals surface area contributed by atoms with Gasteiger partial charge in [0.15, 0.2) is 0 Å². The Morgan fingerprint density at radius 3 is 2.43 bits per heavy atom. The maximum atomic E-state index is 12.3. The predicted molar refractivity (Wildman–Crippen MR) is 72.2 cm³/mol. The van der Waals surface area contributed by atoms with Crippen LogP contribution in [0.4, 0.5) is 13.2 Å². The van der Waals surface area contributed by atoms with Gasteiger partial charge in [0.2, 0.25) is 0 Å². The van der Waals surface area contributed by atoms with Crippen molar-refractivity contribution >= 4 is 5.97 Å². The minimum absolute atomic E-state index is 0.0461. The van der Waals surface area contributed by atoms with Crippen molar-refractivity contribution in [3.8, 4) is 0 Å². The summed E-state index contributed by atoms with van der Waals surface area (Å²) in [6.45, 7) is 1.24. The van der Waals surface area contributed by atoms with Crippen molar-refractivity contribution in [2.24, 2.45) is 5.92 Å². The second-order valence-electron chi connectivity index (χ2n) is 5.72. The molecule has 0 aliphatic carbocycles. The molecule has 1 N–H and O–H groups in total. The van der Waals surface area contributed by atoms with Crippen molar-refractivity contribution in [2.45, 2.75) is 24.9 Å². The molecule has 21 heavy (non-hydrogen) atoms. The minimum Gasteiger partial charge on any atom is -0.481 e. The summed E-state index contributed by atoms with van der Waals surface area (Å²) in [4.78, 5) is 13.1. The number of hydrogen-bond acceptors (Lipinski definition) is 2. The van der Waals surface area contributed by atoms with E-state index in [9.17, 15) is 18.0 Å². The van der Waals surface area contributed by atoms with Crippen molar-refractivity contribution in [1.29, 1.82) is 0 Å². The highest BCUT2D eigenvalue weighted by molar-refractivity contribution is 5.70. The second-order valence-corrected chi connectivity index (χ2v) is 5.72. The third-order valence-electron chi connectivity index (χ3n) is 3.84. The molecule has 1 aliphatic heterocycles. The van der Waals surface area contributed by atoms with Gasteiger partial charge in [-0.3, -0.25) is 4.79 Å². The molecule has 0 bridgehead atoms. The molecule has 116 valence electrons. The van der Waals surface area contributed by atoms with E-state index in [2.05, 4.69) is 0 Å². The van der Waals surface area contributed by atoms with Gasteiger partial charge in [0, 0.05) is 13.1 Å². The Morgan fingerprint density at radius 1 is 1.29 bits per heavy atom. The molecule has 1 aliphatic rings. The number of halogens is 3. The van der Waals surface area contributed by atoms with E-state index in [1.165, 1.54) is 12.1 Å². The fraction of sp³-hybridized carbons (Fsp3) is 0.533. The normalized spacial score (nSPS) is 24.0. The molecule has 1 heterocycles. The van der Waals surface area contributed by atoms with E-state index in [1.807, 2.05) is 11.9 Å². The van der Waals surface area contributed by atoms with E-state index >= 15 is 0 Å². The van der Waals surface area contributed by atoms with Crippen molar-refractivity contribution in [1.82, 2.24) is 4.90 Å². The van der Waals surface area contributed by atoms with Gasteiger partial charge in [-0.1, -0.05) is 24.3 Å². The van der Waals surface area contributed by atoms with Crippen LogP contribution in [0.3, 0.4) is 0 Å². The average Bonchev–Trinajstić information content (AvgIpc) is 2.37. The molecule has 0 amide bonds. The summed E-state index contributed by atoms with van der Waals surface area (Å²) in [6.07, 6.45) is -4.62. The lowest BCUT2D eigenvalue weighted by Gasteiger charge is -2.34. The van der Waals surface area contributed by atoms with Crippen molar-refractivity contribution in [2.75, 3.05) is 20.1 Å². The van der Waals surface area contributed by atoms with Gasteiger partial charge in [0.05, 0.1) is 12.3 Å². The lowest BCUT2D eigenvalue weighted by Crippen LogP contribution is -2.40. The van der Waals surface area contributed by atoms with Crippen LogP contribution in [0.5, 0.6) is 0 Å². The Labute approximate surface area is 121 Å². The van der Waals surface area contributed by atoms with Crippen molar-refractivity contribution < 1.29 is 23.1 Å². The van der Waals surface area contributed by atoms with Crippen molar-refractivity contribution in [3.63, 3.8) is 0 Å². The molecule has 2 unspecified atom stereocenters. The first-order chi connectivity index (χ1) is 9.74. The van der Waals surface area contributed by atoms with Crippen LogP contribution >= 0.6 is 0 Å². The second kappa shape index (κ2) is 6.05. The molecule has 0 aromatic heterocycles. The van der Waals surface area contributed by atoms with Crippen LogP contribution in [0.25, 0.3) is 0 Å². The molecule has 2 rings (SSSR count). The summed E-state index contributed by atoms with van der Waals surface area (Å²) in [5.74, 6) is -1.20. The molecule has 0 radical (unpaired) electrons. The Kier molecular flexibility index (Phi) is 4.56. The van der Waals surface area contributed by atoms with Crippen LogP contribution in [0.1, 0.15) is 23.5 Å². The van der Waals surface area contributed by atoms with Crippen LogP contribution in [0.2, 0.25) is 0 Å². The zero-order chi connectivity index (χ0) is 15.6. The smallest absolute Gasteiger partial charge is 0.393 e. The molecule has 0 saturated carbocycles. The third kappa shape index (κ3) is 4.46. The van der Waals surface area contributed by atoms with Gasteiger partial charge in [-0.05, 0) is 30.5 Å². The fourth-order valence-electron chi connectivity index (χ4n) is 2.88. The maximum Gasteiger partial charge on any atom is 0.393 e. The lowest BCUT2D eigenvalue weighted by molar-refractivity contribution is -0.143. The fourth-order valence-corrected chi connectivity index (χ4v) is 2.88. The zero-order valence-electron chi connectivity index (χ0n) is 11.7. The highest BCUT2D eigenvalue weighted by Crippen LogP contribution is 2.30. The molecular formula is C15H18F3NO2. The molecular weight excluding hydrogens is 283 g/mol. The topological polar surface area (TPSA) is 40.5 Å². The van der Waals surface area contributed by atoms with Crippen LogP contribution in [-0.4, -0.2) is 42.3 Å². The minimum atomic E-state index is -4.21. The van der Waals surface area contributed by atoms with Crippen molar-refractivity contribution in [3.05, 3.63) is 35.4 Å².